The Bertz CT molecular complexity index is 696. The molecule has 1 aliphatic carbocycles. The van der Waals surface area contributed by atoms with Crippen molar-refractivity contribution in [2.45, 2.75) is 25.7 Å². The molecule has 2 aromatic heterocycles. The lowest BCUT2D eigenvalue weighted by Crippen LogP contribution is -2.32. The summed E-state index contributed by atoms with van der Waals surface area (Å²) in [5.41, 5.74) is 1.62. The van der Waals surface area contributed by atoms with Gasteiger partial charge >= 0.3 is 0 Å². The molecule has 1 aliphatic rings. The van der Waals surface area contributed by atoms with E-state index in [0.29, 0.717) is 0 Å². The minimum absolute atomic E-state index is 0.0243. The molecule has 6 nitrogen and oxygen atoms in total. The van der Waals surface area contributed by atoms with E-state index in [0.717, 1.165) is 37.1 Å². The predicted molar refractivity (Wildman–Crippen MR) is 97.9 cm³/mol. The Morgan fingerprint density at radius 1 is 0.731 bits per heavy atom. The average molecular weight is 354 g/mol. The first-order valence-electron chi connectivity index (χ1n) is 9.03. The van der Waals surface area contributed by atoms with Gasteiger partial charge in [0.25, 0.3) is 0 Å². The molecule has 3 rings (SSSR count). The molecule has 1 fully saturated rings. The van der Waals surface area contributed by atoms with Crippen LogP contribution in [0.25, 0.3) is 0 Å². The first-order valence-corrected chi connectivity index (χ1v) is 9.03. The van der Waals surface area contributed by atoms with Crippen molar-refractivity contribution < 1.29 is 18.7 Å². The third-order valence-corrected chi connectivity index (χ3v) is 4.96. The Kier molecular flexibility index (Phi) is 5.61. The summed E-state index contributed by atoms with van der Waals surface area (Å²) < 4.78 is 3.85. The number of nitrogens with one attached hydrogen (secondary N) is 2. The van der Waals surface area contributed by atoms with Gasteiger partial charge in [-0.15, -0.1) is 0 Å². The number of aromatic nitrogens is 2. The summed E-state index contributed by atoms with van der Waals surface area (Å²) >= 11 is 0. The van der Waals surface area contributed by atoms with Crippen molar-refractivity contribution >= 4 is 23.2 Å². The van der Waals surface area contributed by atoms with Gasteiger partial charge < -0.3 is 10.6 Å². The van der Waals surface area contributed by atoms with Crippen LogP contribution < -0.4 is 19.8 Å². The first-order chi connectivity index (χ1) is 12.5. The van der Waals surface area contributed by atoms with Gasteiger partial charge in [-0.3, -0.25) is 9.59 Å². The monoisotopic (exact) mass is 354 g/mol. The van der Waals surface area contributed by atoms with E-state index in [1.165, 1.54) is 0 Å². The van der Waals surface area contributed by atoms with Crippen molar-refractivity contribution in [2.24, 2.45) is 25.9 Å². The summed E-state index contributed by atoms with van der Waals surface area (Å²) in [6.07, 6.45) is 10.6. The lowest BCUT2D eigenvalue weighted by Gasteiger charge is -2.27. The van der Waals surface area contributed by atoms with Crippen molar-refractivity contribution in [3.63, 3.8) is 0 Å². The molecular weight excluding hydrogens is 328 g/mol. The van der Waals surface area contributed by atoms with Crippen molar-refractivity contribution in [3.8, 4) is 0 Å². The van der Waals surface area contributed by atoms with Crippen molar-refractivity contribution in [2.75, 3.05) is 10.6 Å². The largest absolute Gasteiger partial charge is 0.325 e. The Morgan fingerprint density at radius 3 is 1.35 bits per heavy atom. The van der Waals surface area contributed by atoms with Gasteiger partial charge in [0.05, 0.1) is 11.4 Å². The van der Waals surface area contributed by atoms with E-state index in [1.807, 2.05) is 72.3 Å². The number of hydrogen-bond donors (Lipinski definition) is 2. The van der Waals surface area contributed by atoms with Crippen LogP contribution in [0.3, 0.4) is 0 Å². The van der Waals surface area contributed by atoms with E-state index >= 15 is 0 Å². The third-order valence-electron chi connectivity index (χ3n) is 4.96. The number of rotatable bonds is 4. The number of pyridine rings is 2. The topological polar surface area (TPSA) is 66.0 Å². The van der Waals surface area contributed by atoms with E-state index in [1.54, 1.807) is 0 Å². The highest BCUT2D eigenvalue weighted by molar-refractivity contribution is 5.94. The molecule has 0 unspecified atom stereocenters. The van der Waals surface area contributed by atoms with E-state index in [9.17, 15) is 9.59 Å². The second-order valence-corrected chi connectivity index (χ2v) is 7.03. The zero-order valence-electron chi connectivity index (χ0n) is 15.3. The zero-order chi connectivity index (χ0) is 18.5. The van der Waals surface area contributed by atoms with Crippen LogP contribution in [0.1, 0.15) is 25.7 Å². The van der Waals surface area contributed by atoms with Crippen molar-refractivity contribution in [3.05, 3.63) is 49.1 Å². The standard InChI is InChI=1S/C20H24N4O2/c1-23-11-7-17(8-12-23)21-19(25)15-3-5-16(6-4-15)20(26)22-18-9-13-24(2)14-10-18/h7-16H,3-6H2,1-2H3/p+2. The summed E-state index contributed by atoms with van der Waals surface area (Å²) in [5, 5.41) is 5.95. The smallest absolute Gasteiger partial charge is 0.227 e. The summed E-state index contributed by atoms with van der Waals surface area (Å²) in [7, 11) is 3.88. The van der Waals surface area contributed by atoms with E-state index < -0.39 is 0 Å². The number of carbonyl (C=O) groups is 2. The van der Waals surface area contributed by atoms with E-state index in [-0.39, 0.29) is 23.7 Å². The van der Waals surface area contributed by atoms with Crippen molar-refractivity contribution in [1.82, 2.24) is 0 Å². The molecule has 0 atom stereocenters. The van der Waals surface area contributed by atoms with Crippen LogP contribution in [-0.4, -0.2) is 11.8 Å². The van der Waals surface area contributed by atoms with Crippen LogP contribution in [0.5, 0.6) is 0 Å². The summed E-state index contributed by atoms with van der Waals surface area (Å²) in [6.45, 7) is 0. The molecule has 2 N–H and O–H groups in total. The number of carbonyl (C=O) groups excluding carboxylic acids is 2. The quantitative estimate of drug-likeness (QED) is 0.821. The van der Waals surface area contributed by atoms with E-state index in [4.69, 9.17) is 0 Å². The fraction of sp³-hybridized carbons (Fsp3) is 0.400. The number of nitrogens with zero attached hydrogens (tertiary/aromatic N) is 2. The maximum atomic E-state index is 12.4. The lowest BCUT2D eigenvalue weighted by atomic mass is 9.81. The first kappa shape index (κ1) is 18.0. The van der Waals surface area contributed by atoms with Crippen LogP contribution in [0.2, 0.25) is 0 Å². The SMILES string of the molecule is C[n+]1ccc(NC(=O)C2CCC(C(=O)Nc3cc[n+](C)cc3)CC2)cc1. The highest BCUT2D eigenvalue weighted by atomic mass is 16.2. The predicted octanol–water partition coefficient (Wildman–Crippen LogP) is 1.72. The van der Waals surface area contributed by atoms with Gasteiger partial charge in [0.15, 0.2) is 24.8 Å². The van der Waals surface area contributed by atoms with Gasteiger partial charge in [0, 0.05) is 36.1 Å². The highest BCUT2D eigenvalue weighted by Gasteiger charge is 2.30. The van der Waals surface area contributed by atoms with Gasteiger partial charge in [0.2, 0.25) is 11.8 Å². The Morgan fingerprint density at radius 2 is 1.04 bits per heavy atom. The molecule has 0 radical (unpaired) electrons. The van der Waals surface area contributed by atoms with Crippen LogP contribution in [0.15, 0.2) is 49.1 Å². The molecule has 0 saturated heterocycles. The maximum Gasteiger partial charge on any atom is 0.227 e. The lowest BCUT2D eigenvalue weighted by molar-refractivity contribution is -0.671. The number of hydrogen-bond acceptors (Lipinski definition) is 2. The Labute approximate surface area is 153 Å². The Hall–Kier alpha value is -2.76. The van der Waals surface area contributed by atoms with Gasteiger partial charge in [-0.1, -0.05) is 0 Å². The number of amides is 2. The average Bonchev–Trinajstić information content (AvgIpc) is 2.65. The molecule has 1 saturated carbocycles. The molecule has 0 spiro atoms. The third kappa shape index (κ3) is 4.65. The molecule has 6 heteroatoms. The zero-order valence-corrected chi connectivity index (χ0v) is 15.3. The van der Waals surface area contributed by atoms with Crippen molar-refractivity contribution in [1.29, 1.82) is 0 Å². The van der Waals surface area contributed by atoms with E-state index in [2.05, 4.69) is 10.6 Å². The second-order valence-electron chi connectivity index (χ2n) is 7.03. The molecular formula is C20H26N4O2+2. The summed E-state index contributed by atoms with van der Waals surface area (Å²) in [4.78, 5) is 24.9. The van der Waals surface area contributed by atoms with Crippen LogP contribution in [0, 0.1) is 11.8 Å². The minimum atomic E-state index is -0.0243. The number of aryl methyl sites for hydroxylation is 2. The normalized spacial score (nSPS) is 19.6. The molecule has 0 bridgehead atoms. The fourth-order valence-electron chi connectivity index (χ4n) is 3.28. The molecule has 2 heterocycles. The van der Waals surface area contributed by atoms with Crippen LogP contribution in [-0.2, 0) is 23.7 Å². The molecule has 26 heavy (non-hydrogen) atoms. The Balaban J connectivity index is 1.48. The van der Waals surface area contributed by atoms with Gasteiger partial charge in [0.1, 0.15) is 14.1 Å². The molecule has 136 valence electrons. The number of anilines is 2. The van der Waals surface area contributed by atoms with Gasteiger partial charge in [-0.2, -0.15) is 0 Å². The maximum absolute atomic E-state index is 12.4. The van der Waals surface area contributed by atoms with Gasteiger partial charge in [-0.05, 0) is 25.7 Å². The fourth-order valence-corrected chi connectivity index (χ4v) is 3.28. The molecule has 2 amide bonds. The minimum Gasteiger partial charge on any atom is -0.325 e. The molecule has 2 aromatic rings. The second kappa shape index (κ2) is 8.08. The molecule has 0 aliphatic heterocycles. The summed E-state index contributed by atoms with van der Waals surface area (Å²) in [5.74, 6) is 0.0501. The highest BCUT2D eigenvalue weighted by Crippen LogP contribution is 2.30. The summed E-state index contributed by atoms with van der Waals surface area (Å²) in [6, 6.07) is 7.54. The van der Waals surface area contributed by atoms with Crippen LogP contribution in [0.4, 0.5) is 11.4 Å². The molecule has 0 aromatic carbocycles. The van der Waals surface area contributed by atoms with Gasteiger partial charge in [-0.25, -0.2) is 9.13 Å². The van der Waals surface area contributed by atoms with Crippen LogP contribution >= 0.6 is 0 Å².